The van der Waals surface area contributed by atoms with Gasteiger partial charge in [0.2, 0.25) is 0 Å². The van der Waals surface area contributed by atoms with E-state index in [4.69, 9.17) is 14.2 Å². The van der Waals surface area contributed by atoms with Crippen LogP contribution >= 0.6 is 0 Å². The van der Waals surface area contributed by atoms with Gasteiger partial charge in [-0.2, -0.15) is 43.2 Å². The Bertz CT molecular complexity index is 1920. The van der Waals surface area contributed by atoms with Gasteiger partial charge in [-0.3, -0.25) is 0 Å². The van der Waals surface area contributed by atoms with E-state index in [9.17, 15) is 52.8 Å². The first-order valence-electron chi connectivity index (χ1n) is 12.5. The molecule has 0 aliphatic carbocycles. The highest BCUT2D eigenvalue weighted by molar-refractivity contribution is 7.88. The molecular formula is C27H18F6O11S2. The Hall–Kier alpha value is -4.52. The fourth-order valence-electron chi connectivity index (χ4n) is 4.60. The maximum Gasteiger partial charge on any atom is 0.534 e. The van der Waals surface area contributed by atoms with Gasteiger partial charge in [0.15, 0.2) is 5.60 Å². The maximum absolute atomic E-state index is 13.3. The summed E-state index contributed by atoms with van der Waals surface area (Å²) in [5, 5.41) is 0. The second-order valence-corrected chi connectivity index (χ2v) is 13.8. The van der Waals surface area contributed by atoms with Crippen LogP contribution in [0.15, 0.2) is 54.6 Å². The lowest BCUT2D eigenvalue weighted by Crippen LogP contribution is -2.33. The number of ether oxygens (including phenoxy) is 3. The Kier molecular flexibility index (Phi) is 7.32. The molecule has 0 unspecified atom stereocenters. The van der Waals surface area contributed by atoms with Crippen molar-refractivity contribution >= 4 is 32.2 Å². The van der Waals surface area contributed by atoms with Crippen LogP contribution in [0.3, 0.4) is 0 Å². The summed E-state index contributed by atoms with van der Waals surface area (Å²) in [5.41, 5.74) is -15.1. The van der Waals surface area contributed by atoms with Gasteiger partial charge in [0.05, 0.1) is 11.1 Å². The van der Waals surface area contributed by atoms with E-state index in [1.807, 2.05) is 0 Å². The zero-order valence-electron chi connectivity index (χ0n) is 23.3. The van der Waals surface area contributed by atoms with Crippen molar-refractivity contribution in [2.45, 2.75) is 43.0 Å². The predicted molar refractivity (Wildman–Crippen MR) is 141 cm³/mol. The number of hydrogen-bond acceptors (Lipinski definition) is 11. The smallest absolute Gasteiger partial charge is 0.456 e. The molecule has 0 radical (unpaired) electrons. The van der Waals surface area contributed by atoms with Crippen LogP contribution in [0.25, 0.3) is 0 Å². The Morgan fingerprint density at radius 1 is 0.717 bits per heavy atom. The van der Waals surface area contributed by atoms with Crippen molar-refractivity contribution in [3.63, 3.8) is 0 Å². The standard InChI is InChI=1S/C27H18F6O11S2/c1-24(2,3)41-22(34)13-4-7-17-16(10-13)23(35)42-25(17)18-8-5-14(43-45(36,37)26(28,29)30)11-20(18)40-21-12-15(6-9-19(21)25)44-46(38,39)27(31,32)33/h4-12H,1-3H3. The van der Waals surface area contributed by atoms with E-state index in [0.717, 1.165) is 30.3 Å². The highest BCUT2D eigenvalue weighted by atomic mass is 32.2. The third-order valence-corrected chi connectivity index (χ3v) is 8.32. The number of halogens is 6. The first kappa shape index (κ1) is 32.9. The van der Waals surface area contributed by atoms with Gasteiger partial charge in [-0.15, -0.1) is 0 Å². The third-order valence-electron chi connectivity index (χ3n) is 6.36. The SMILES string of the molecule is CC(C)(C)OC(=O)c1ccc2c(c1)C(=O)OC21c2ccc(OS(=O)(=O)C(F)(F)F)cc2Oc2cc(OS(=O)(=O)C(F)(F)F)ccc21. The van der Waals surface area contributed by atoms with Crippen molar-refractivity contribution in [2.75, 3.05) is 0 Å². The van der Waals surface area contributed by atoms with E-state index in [1.54, 1.807) is 20.8 Å². The molecule has 246 valence electrons. The van der Waals surface area contributed by atoms with Crippen LogP contribution < -0.4 is 13.1 Å². The number of alkyl halides is 6. The van der Waals surface area contributed by atoms with E-state index in [2.05, 4.69) is 8.37 Å². The molecule has 0 saturated heterocycles. The monoisotopic (exact) mass is 696 g/mol. The molecule has 0 bridgehead atoms. The molecular weight excluding hydrogens is 678 g/mol. The number of hydrogen-bond donors (Lipinski definition) is 0. The molecule has 0 amide bonds. The molecule has 11 nitrogen and oxygen atoms in total. The summed E-state index contributed by atoms with van der Waals surface area (Å²) in [6.45, 7) is 4.81. The van der Waals surface area contributed by atoms with Crippen LogP contribution in [0.4, 0.5) is 26.3 Å². The molecule has 2 aliphatic heterocycles. The van der Waals surface area contributed by atoms with Crippen LogP contribution in [0.1, 0.15) is 58.2 Å². The van der Waals surface area contributed by atoms with Crippen molar-refractivity contribution in [2.24, 2.45) is 0 Å². The summed E-state index contributed by atoms with van der Waals surface area (Å²) in [6.07, 6.45) is 0. The highest BCUT2D eigenvalue weighted by Gasteiger charge is 2.55. The Balaban J connectivity index is 1.69. The van der Waals surface area contributed by atoms with E-state index < -0.39 is 77.4 Å². The van der Waals surface area contributed by atoms with Crippen molar-refractivity contribution in [3.8, 4) is 23.0 Å². The van der Waals surface area contributed by atoms with Crippen LogP contribution in [0, 0.1) is 0 Å². The number of carbonyl (C=O) groups is 2. The molecule has 19 heteroatoms. The third kappa shape index (κ3) is 5.57. The van der Waals surface area contributed by atoms with Crippen molar-refractivity contribution in [1.29, 1.82) is 0 Å². The molecule has 0 fully saturated rings. The molecule has 0 aromatic heterocycles. The second kappa shape index (κ2) is 10.2. The number of carbonyl (C=O) groups excluding carboxylic acids is 2. The summed E-state index contributed by atoms with van der Waals surface area (Å²) < 4.78 is 149. The minimum absolute atomic E-state index is 0.0174. The molecule has 0 atom stereocenters. The zero-order valence-corrected chi connectivity index (χ0v) is 24.9. The van der Waals surface area contributed by atoms with Gasteiger partial charge in [0.1, 0.15) is 28.6 Å². The normalized spacial score (nSPS) is 15.6. The predicted octanol–water partition coefficient (Wildman–Crippen LogP) is 5.67. The molecule has 0 N–H and O–H groups in total. The summed E-state index contributed by atoms with van der Waals surface area (Å²) >= 11 is 0. The number of fused-ring (bicyclic) bond motifs is 6. The average Bonchev–Trinajstić information content (AvgIpc) is 3.17. The maximum atomic E-state index is 13.3. The molecule has 0 saturated carbocycles. The van der Waals surface area contributed by atoms with Crippen LogP contribution in [0.2, 0.25) is 0 Å². The lowest BCUT2D eigenvalue weighted by atomic mass is 9.77. The molecule has 5 rings (SSSR count). The molecule has 3 aromatic carbocycles. The highest BCUT2D eigenvalue weighted by Crippen LogP contribution is 2.57. The Morgan fingerprint density at radius 3 is 1.61 bits per heavy atom. The van der Waals surface area contributed by atoms with Crippen molar-refractivity contribution in [1.82, 2.24) is 0 Å². The summed E-state index contributed by atoms with van der Waals surface area (Å²) in [5.74, 6) is -4.69. The number of benzene rings is 3. The van der Waals surface area contributed by atoms with Gasteiger partial charge >= 0.3 is 43.2 Å². The fraction of sp³-hybridized carbons (Fsp3) is 0.259. The van der Waals surface area contributed by atoms with Gasteiger partial charge in [-0.25, -0.2) is 9.59 Å². The summed E-state index contributed by atoms with van der Waals surface area (Å²) in [4.78, 5) is 26.0. The van der Waals surface area contributed by atoms with Gasteiger partial charge in [-0.1, -0.05) is 6.07 Å². The first-order chi connectivity index (χ1) is 21.0. The Morgan fingerprint density at radius 2 is 1.17 bits per heavy atom. The van der Waals surface area contributed by atoms with Gasteiger partial charge in [0, 0.05) is 28.8 Å². The fourth-order valence-corrected chi connectivity index (χ4v) is 5.51. The van der Waals surface area contributed by atoms with E-state index in [1.165, 1.54) is 12.1 Å². The second-order valence-electron chi connectivity index (χ2n) is 10.7. The Labute approximate surface area is 255 Å². The van der Waals surface area contributed by atoms with Gasteiger partial charge in [0.25, 0.3) is 0 Å². The minimum Gasteiger partial charge on any atom is -0.456 e. The summed E-state index contributed by atoms with van der Waals surface area (Å²) in [7, 11) is -12.3. The van der Waals surface area contributed by atoms with E-state index >= 15 is 0 Å². The van der Waals surface area contributed by atoms with Crippen LogP contribution in [0.5, 0.6) is 23.0 Å². The molecule has 1 spiro atoms. The molecule has 46 heavy (non-hydrogen) atoms. The lowest BCUT2D eigenvalue weighted by molar-refractivity contribution is -0.0504. The van der Waals surface area contributed by atoms with E-state index in [0.29, 0.717) is 12.1 Å². The average molecular weight is 697 g/mol. The minimum atomic E-state index is -6.17. The topological polar surface area (TPSA) is 149 Å². The molecule has 3 aromatic rings. The van der Waals surface area contributed by atoms with Crippen LogP contribution in [-0.4, -0.2) is 45.4 Å². The van der Waals surface area contributed by atoms with Crippen molar-refractivity contribution in [3.05, 3.63) is 82.4 Å². The van der Waals surface area contributed by atoms with Gasteiger partial charge < -0.3 is 22.6 Å². The largest absolute Gasteiger partial charge is 0.534 e. The quantitative estimate of drug-likeness (QED) is 0.141. The number of esters is 2. The molecule has 2 aliphatic rings. The van der Waals surface area contributed by atoms with Crippen molar-refractivity contribution < 1.29 is 75.3 Å². The van der Waals surface area contributed by atoms with Crippen LogP contribution in [-0.2, 0) is 35.3 Å². The summed E-state index contributed by atoms with van der Waals surface area (Å²) in [6, 6.07) is 8.68. The number of rotatable bonds is 5. The molecule has 2 heterocycles. The van der Waals surface area contributed by atoms with E-state index in [-0.39, 0.29) is 27.8 Å². The first-order valence-corrected chi connectivity index (χ1v) is 15.4. The zero-order chi connectivity index (χ0) is 34.3. The van der Waals surface area contributed by atoms with Gasteiger partial charge in [-0.05, 0) is 57.2 Å². The lowest BCUT2D eigenvalue weighted by Gasteiger charge is -2.36.